The maximum absolute atomic E-state index is 13.4. The predicted octanol–water partition coefficient (Wildman–Crippen LogP) is 2.89. The van der Waals surface area contributed by atoms with E-state index in [0.717, 1.165) is 12.3 Å². The van der Waals surface area contributed by atoms with E-state index in [-0.39, 0.29) is 22.8 Å². The molecule has 6 heteroatoms. The zero-order valence-corrected chi connectivity index (χ0v) is 10.4. The smallest absolute Gasteiger partial charge is 0.337 e. The van der Waals surface area contributed by atoms with Crippen molar-refractivity contribution in [1.29, 1.82) is 5.26 Å². The minimum Gasteiger partial charge on any atom is -0.478 e. The highest BCUT2D eigenvalue weighted by Crippen LogP contribution is 2.24. The van der Waals surface area contributed by atoms with Gasteiger partial charge in [0.1, 0.15) is 17.6 Å². The topological polar surface area (TPSA) is 83.2 Å². The maximum atomic E-state index is 13.4. The van der Waals surface area contributed by atoms with Gasteiger partial charge in [0.25, 0.3) is 0 Å². The Labute approximate surface area is 113 Å². The Kier molecular flexibility index (Phi) is 3.62. The van der Waals surface area contributed by atoms with Crippen molar-refractivity contribution in [2.75, 3.05) is 0 Å². The van der Waals surface area contributed by atoms with Crippen LogP contribution < -0.4 is 4.74 Å². The second-order valence-electron chi connectivity index (χ2n) is 4.01. The third kappa shape index (κ3) is 2.72. The molecule has 0 spiro atoms. The van der Waals surface area contributed by atoms with Gasteiger partial charge in [-0.25, -0.2) is 14.2 Å². The molecule has 0 fully saturated rings. The van der Waals surface area contributed by atoms with Crippen LogP contribution in [0.5, 0.6) is 11.6 Å². The summed E-state index contributed by atoms with van der Waals surface area (Å²) in [6, 6.07) is 6.92. The van der Waals surface area contributed by atoms with Crippen molar-refractivity contribution in [3.05, 3.63) is 53.0 Å². The lowest BCUT2D eigenvalue weighted by atomic mass is 10.2. The standard InChI is InChI=1S/C14H9FN2O3/c1-8-4-10(14(18)19)7-17-13(8)20-11-3-2-9(6-16)12(15)5-11/h2-5,7H,1H3,(H,18,19). The van der Waals surface area contributed by atoms with Gasteiger partial charge >= 0.3 is 5.97 Å². The van der Waals surface area contributed by atoms with Crippen LogP contribution in [0.3, 0.4) is 0 Å². The lowest BCUT2D eigenvalue weighted by Crippen LogP contribution is -2.00. The van der Waals surface area contributed by atoms with E-state index in [9.17, 15) is 9.18 Å². The van der Waals surface area contributed by atoms with Crippen LogP contribution in [0, 0.1) is 24.1 Å². The number of carbonyl (C=O) groups is 1. The zero-order chi connectivity index (χ0) is 14.7. The third-order valence-corrected chi connectivity index (χ3v) is 2.55. The third-order valence-electron chi connectivity index (χ3n) is 2.55. The Bertz CT molecular complexity index is 723. The van der Waals surface area contributed by atoms with Gasteiger partial charge in [0.05, 0.1) is 11.1 Å². The largest absolute Gasteiger partial charge is 0.478 e. The molecule has 0 aliphatic heterocycles. The number of ether oxygens (including phenoxy) is 1. The summed E-state index contributed by atoms with van der Waals surface area (Å²) in [7, 11) is 0. The van der Waals surface area contributed by atoms with E-state index in [1.54, 1.807) is 13.0 Å². The number of hydrogen-bond donors (Lipinski definition) is 1. The van der Waals surface area contributed by atoms with Gasteiger partial charge in [0.2, 0.25) is 5.88 Å². The molecular formula is C14H9FN2O3. The number of carboxylic acids is 1. The summed E-state index contributed by atoms with van der Waals surface area (Å²) in [4.78, 5) is 14.7. The van der Waals surface area contributed by atoms with E-state index in [1.165, 1.54) is 18.2 Å². The first-order chi connectivity index (χ1) is 9.51. The van der Waals surface area contributed by atoms with Crippen molar-refractivity contribution in [2.24, 2.45) is 0 Å². The Morgan fingerprint density at radius 1 is 1.45 bits per heavy atom. The second-order valence-corrected chi connectivity index (χ2v) is 4.01. The molecular weight excluding hydrogens is 263 g/mol. The summed E-state index contributed by atoms with van der Waals surface area (Å²) in [5.74, 6) is -1.42. The van der Waals surface area contributed by atoms with Crippen LogP contribution in [0.25, 0.3) is 0 Å². The summed E-state index contributed by atoms with van der Waals surface area (Å²) in [6.45, 7) is 1.63. The van der Waals surface area contributed by atoms with Crippen LogP contribution in [0.15, 0.2) is 30.5 Å². The number of benzene rings is 1. The molecule has 0 unspecified atom stereocenters. The summed E-state index contributed by atoms with van der Waals surface area (Å²) in [6.07, 6.45) is 1.16. The summed E-state index contributed by atoms with van der Waals surface area (Å²) < 4.78 is 18.8. The van der Waals surface area contributed by atoms with Crippen molar-refractivity contribution < 1.29 is 19.0 Å². The maximum Gasteiger partial charge on any atom is 0.337 e. The van der Waals surface area contributed by atoms with E-state index in [1.807, 2.05) is 0 Å². The molecule has 0 atom stereocenters. The fourth-order valence-corrected chi connectivity index (χ4v) is 1.55. The van der Waals surface area contributed by atoms with Crippen LogP contribution in [-0.2, 0) is 0 Å². The number of nitriles is 1. The van der Waals surface area contributed by atoms with E-state index in [4.69, 9.17) is 15.1 Å². The number of aromatic nitrogens is 1. The molecule has 20 heavy (non-hydrogen) atoms. The average molecular weight is 272 g/mol. The van der Waals surface area contributed by atoms with E-state index in [0.29, 0.717) is 5.56 Å². The molecule has 1 heterocycles. The van der Waals surface area contributed by atoms with Gasteiger partial charge in [-0.15, -0.1) is 0 Å². The highest BCUT2D eigenvalue weighted by molar-refractivity contribution is 5.87. The Hall–Kier alpha value is -2.94. The molecule has 100 valence electrons. The molecule has 5 nitrogen and oxygen atoms in total. The highest BCUT2D eigenvalue weighted by atomic mass is 19.1. The quantitative estimate of drug-likeness (QED) is 0.928. The molecule has 2 aromatic rings. The van der Waals surface area contributed by atoms with Crippen molar-refractivity contribution in [2.45, 2.75) is 6.92 Å². The molecule has 1 aromatic carbocycles. The van der Waals surface area contributed by atoms with Crippen LogP contribution in [0.4, 0.5) is 4.39 Å². The van der Waals surface area contributed by atoms with Crippen molar-refractivity contribution in [3.8, 4) is 17.7 Å². The zero-order valence-electron chi connectivity index (χ0n) is 10.4. The number of hydrogen-bond acceptors (Lipinski definition) is 4. The van der Waals surface area contributed by atoms with Crippen LogP contribution in [0.2, 0.25) is 0 Å². The van der Waals surface area contributed by atoms with E-state index < -0.39 is 11.8 Å². The number of rotatable bonds is 3. The number of aromatic carboxylic acids is 1. The molecule has 0 saturated heterocycles. The van der Waals surface area contributed by atoms with Crippen LogP contribution in [0.1, 0.15) is 21.5 Å². The highest BCUT2D eigenvalue weighted by Gasteiger charge is 2.10. The minimum absolute atomic E-state index is 0.0425. The normalized spacial score (nSPS) is 9.85. The molecule has 0 saturated carbocycles. The molecule has 1 N–H and O–H groups in total. The Morgan fingerprint density at radius 2 is 2.20 bits per heavy atom. The molecule has 0 bridgehead atoms. The van der Waals surface area contributed by atoms with Gasteiger partial charge in [-0.3, -0.25) is 0 Å². The number of carboxylic acid groups (broad SMARTS) is 1. The first-order valence-electron chi connectivity index (χ1n) is 5.58. The first kappa shape index (κ1) is 13.5. The van der Waals surface area contributed by atoms with Gasteiger partial charge < -0.3 is 9.84 Å². The number of nitrogens with zero attached hydrogens (tertiary/aromatic N) is 2. The lowest BCUT2D eigenvalue weighted by molar-refractivity contribution is 0.0696. The van der Waals surface area contributed by atoms with Gasteiger partial charge in [0, 0.05) is 17.8 Å². The number of pyridine rings is 1. The van der Waals surface area contributed by atoms with Crippen LogP contribution >= 0.6 is 0 Å². The monoisotopic (exact) mass is 272 g/mol. The minimum atomic E-state index is -1.09. The molecule has 0 radical (unpaired) electrons. The summed E-state index contributed by atoms with van der Waals surface area (Å²) in [5, 5.41) is 17.4. The molecule has 0 aliphatic carbocycles. The van der Waals surface area contributed by atoms with Gasteiger partial charge in [-0.1, -0.05) is 0 Å². The van der Waals surface area contributed by atoms with Gasteiger partial charge in [-0.2, -0.15) is 5.26 Å². The average Bonchev–Trinajstić information content (AvgIpc) is 2.41. The molecule has 0 aliphatic rings. The number of aryl methyl sites for hydroxylation is 1. The van der Waals surface area contributed by atoms with E-state index in [2.05, 4.69) is 4.98 Å². The van der Waals surface area contributed by atoms with Gasteiger partial charge in [-0.05, 0) is 25.1 Å². The molecule has 0 amide bonds. The Morgan fingerprint density at radius 3 is 2.75 bits per heavy atom. The summed E-state index contributed by atoms with van der Waals surface area (Å²) in [5.41, 5.74) is 0.471. The van der Waals surface area contributed by atoms with E-state index >= 15 is 0 Å². The molecule has 1 aromatic heterocycles. The SMILES string of the molecule is Cc1cc(C(=O)O)cnc1Oc1ccc(C#N)c(F)c1. The number of halogens is 1. The van der Waals surface area contributed by atoms with Gasteiger partial charge in [0.15, 0.2) is 0 Å². The van der Waals surface area contributed by atoms with Crippen molar-refractivity contribution in [1.82, 2.24) is 4.98 Å². The first-order valence-corrected chi connectivity index (χ1v) is 5.58. The summed E-state index contributed by atoms with van der Waals surface area (Å²) >= 11 is 0. The second kappa shape index (κ2) is 5.36. The predicted molar refractivity (Wildman–Crippen MR) is 67.1 cm³/mol. The lowest BCUT2D eigenvalue weighted by Gasteiger charge is -2.08. The van der Waals surface area contributed by atoms with Crippen molar-refractivity contribution >= 4 is 5.97 Å². The fourth-order valence-electron chi connectivity index (χ4n) is 1.55. The van der Waals surface area contributed by atoms with Crippen LogP contribution in [-0.4, -0.2) is 16.1 Å². The fraction of sp³-hybridized carbons (Fsp3) is 0.0714. The van der Waals surface area contributed by atoms with Crippen molar-refractivity contribution in [3.63, 3.8) is 0 Å². The Balaban J connectivity index is 2.29. The molecule has 2 rings (SSSR count).